The summed E-state index contributed by atoms with van der Waals surface area (Å²) in [6, 6.07) is 4.93. The number of nitrogens with zero attached hydrogens (tertiary/aromatic N) is 2. The summed E-state index contributed by atoms with van der Waals surface area (Å²) in [5.41, 5.74) is 0.663. The molecule has 2 heterocycles. The predicted molar refractivity (Wildman–Crippen MR) is 90.2 cm³/mol. The van der Waals surface area contributed by atoms with Crippen LogP contribution in [0.2, 0.25) is 0 Å². The van der Waals surface area contributed by atoms with Crippen molar-refractivity contribution in [3.8, 4) is 0 Å². The molecule has 126 valence electrons. The molecule has 4 rings (SSSR count). The molecule has 2 fully saturated rings. The molecule has 3 atom stereocenters. The molecule has 1 saturated carbocycles. The number of halogens is 1. The Labute approximate surface area is 140 Å². The van der Waals surface area contributed by atoms with Crippen molar-refractivity contribution < 1.29 is 9.18 Å². The molecule has 1 aromatic heterocycles. The highest BCUT2D eigenvalue weighted by molar-refractivity contribution is 5.88. The average Bonchev–Trinajstić information content (AvgIpc) is 3.01. The van der Waals surface area contributed by atoms with Gasteiger partial charge in [0.1, 0.15) is 22.9 Å². The fourth-order valence-corrected chi connectivity index (χ4v) is 4.28. The number of aryl methyl sites for hydroxylation is 1. The van der Waals surface area contributed by atoms with Crippen molar-refractivity contribution in [3.05, 3.63) is 35.5 Å². The second-order valence-electron chi connectivity index (χ2n) is 7.79. The second-order valence-corrected chi connectivity index (χ2v) is 7.79. The molecule has 0 spiro atoms. The van der Waals surface area contributed by atoms with E-state index in [9.17, 15) is 9.18 Å². The van der Waals surface area contributed by atoms with Crippen LogP contribution in [-0.2, 0) is 10.2 Å². The van der Waals surface area contributed by atoms with Gasteiger partial charge in [0, 0.05) is 23.1 Å². The van der Waals surface area contributed by atoms with E-state index in [1.54, 1.807) is 13.0 Å². The van der Waals surface area contributed by atoms with Gasteiger partial charge in [0.2, 0.25) is 0 Å². The Morgan fingerprint density at radius 2 is 2.00 bits per heavy atom. The van der Waals surface area contributed by atoms with Crippen molar-refractivity contribution >= 4 is 16.7 Å². The lowest BCUT2D eigenvalue weighted by molar-refractivity contribution is -0.122. The number of ketones is 1. The summed E-state index contributed by atoms with van der Waals surface area (Å²) in [7, 11) is 0. The highest BCUT2D eigenvalue weighted by Crippen LogP contribution is 2.50. The van der Waals surface area contributed by atoms with Crippen molar-refractivity contribution in [1.29, 1.82) is 0 Å². The summed E-state index contributed by atoms with van der Waals surface area (Å²) < 4.78 is 14.1. The van der Waals surface area contributed by atoms with E-state index in [1.165, 1.54) is 6.07 Å². The molecule has 1 N–H and O–H groups in total. The first kappa shape index (κ1) is 15.6. The Hall–Kier alpha value is -1.88. The van der Waals surface area contributed by atoms with Crippen molar-refractivity contribution in [2.75, 3.05) is 13.1 Å². The number of hydrogen-bond acceptors (Lipinski definition) is 4. The van der Waals surface area contributed by atoms with E-state index in [4.69, 9.17) is 0 Å². The molecule has 5 heteroatoms. The number of para-hydroxylation sites is 1. The summed E-state index contributed by atoms with van der Waals surface area (Å²) in [5.74, 6) is 1.76. The van der Waals surface area contributed by atoms with Gasteiger partial charge in [-0.2, -0.15) is 0 Å². The van der Waals surface area contributed by atoms with Crippen molar-refractivity contribution in [2.45, 2.75) is 32.6 Å². The van der Waals surface area contributed by atoms with Crippen LogP contribution in [0.5, 0.6) is 0 Å². The van der Waals surface area contributed by atoms with Crippen LogP contribution in [0.3, 0.4) is 0 Å². The molecule has 1 saturated heterocycles. The molecule has 0 bridgehead atoms. The van der Waals surface area contributed by atoms with E-state index in [0.717, 1.165) is 18.8 Å². The number of Topliss-reactive ketones (excluding diaryl/α,β-unsaturated/α-hetero) is 1. The number of fused-ring (bicyclic) bond motifs is 2. The van der Waals surface area contributed by atoms with Crippen LogP contribution in [0.25, 0.3) is 10.9 Å². The molecule has 2 aliphatic rings. The van der Waals surface area contributed by atoms with Crippen LogP contribution in [0.1, 0.15) is 31.8 Å². The molecular weight excluding hydrogens is 305 g/mol. The minimum atomic E-state index is -0.443. The standard InChI is InChI=1S/C19H22FN3O/c1-10-22-17-11(5-4-6-14(17)20)18(23-10)19(2,3)7-15(24)16-12-8-21-9-13(12)16/h4-6,12-13,16,21H,7-9H2,1-3H3/t12-,13+,16?. The summed E-state index contributed by atoms with van der Waals surface area (Å²) in [4.78, 5) is 21.6. The monoisotopic (exact) mass is 327 g/mol. The first-order valence-electron chi connectivity index (χ1n) is 8.55. The largest absolute Gasteiger partial charge is 0.316 e. The Morgan fingerprint density at radius 3 is 2.71 bits per heavy atom. The van der Waals surface area contributed by atoms with Crippen molar-refractivity contribution in [1.82, 2.24) is 15.3 Å². The fraction of sp³-hybridized carbons (Fsp3) is 0.526. The zero-order valence-corrected chi connectivity index (χ0v) is 14.3. The van der Waals surface area contributed by atoms with Crippen LogP contribution in [-0.4, -0.2) is 28.8 Å². The second kappa shape index (κ2) is 5.31. The van der Waals surface area contributed by atoms with Gasteiger partial charge >= 0.3 is 0 Å². The smallest absolute Gasteiger partial charge is 0.149 e. The molecule has 1 unspecified atom stereocenters. The van der Waals surface area contributed by atoms with Gasteiger partial charge in [-0.3, -0.25) is 4.79 Å². The SMILES string of the molecule is Cc1nc(C(C)(C)CC(=O)C2[C@H]3CNC[C@@H]23)c2cccc(F)c2n1. The molecule has 2 aromatic rings. The summed E-state index contributed by atoms with van der Waals surface area (Å²) in [5, 5.41) is 4.03. The molecule has 1 aliphatic heterocycles. The number of carbonyl (C=O) groups is 1. The van der Waals surface area contributed by atoms with Crippen LogP contribution in [0, 0.1) is 30.5 Å². The van der Waals surface area contributed by atoms with Gasteiger partial charge in [0.25, 0.3) is 0 Å². The van der Waals surface area contributed by atoms with Gasteiger partial charge in [-0.25, -0.2) is 14.4 Å². The topological polar surface area (TPSA) is 54.9 Å². The highest BCUT2D eigenvalue weighted by Gasteiger charge is 2.56. The summed E-state index contributed by atoms with van der Waals surface area (Å²) in [6.07, 6.45) is 0.437. The maximum atomic E-state index is 14.1. The Bertz CT molecular complexity index is 823. The first-order valence-corrected chi connectivity index (χ1v) is 8.55. The molecule has 0 radical (unpaired) electrons. The lowest BCUT2D eigenvalue weighted by Gasteiger charge is -2.25. The number of benzene rings is 1. The minimum Gasteiger partial charge on any atom is -0.316 e. The Kier molecular flexibility index (Phi) is 3.46. The molecule has 1 aliphatic carbocycles. The van der Waals surface area contributed by atoms with E-state index in [1.807, 2.05) is 19.9 Å². The number of carbonyl (C=O) groups excluding carboxylic acids is 1. The highest BCUT2D eigenvalue weighted by atomic mass is 19.1. The number of aromatic nitrogens is 2. The lowest BCUT2D eigenvalue weighted by atomic mass is 9.80. The quantitative estimate of drug-likeness (QED) is 0.938. The molecular formula is C19H22FN3O. The van der Waals surface area contributed by atoms with E-state index < -0.39 is 5.41 Å². The number of nitrogens with one attached hydrogen (secondary N) is 1. The van der Waals surface area contributed by atoms with E-state index >= 15 is 0 Å². The Balaban J connectivity index is 1.68. The zero-order chi connectivity index (χ0) is 17.1. The van der Waals surface area contributed by atoms with Crippen molar-refractivity contribution in [2.24, 2.45) is 17.8 Å². The van der Waals surface area contributed by atoms with Gasteiger partial charge in [0.05, 0.1) is 5.69 Å². The van der Waals surface area contributed by atoms with E-state index in [-0.39, 0.29) is 11.7 Å². The normalized spacial score (nSPS) is 25.8. The maximum absolute atomic E-state index is 14.1. The van der Waals surface area contributed by atoms with Crippen LogP contribution in [0.15, 0.2) is 18.2 Å². The lowest BCUT2D eigenvalue weighted by Crippen LogP contribution is -2.27. The number of rotatable bonds is 4. The van der Waals surface area contributed by atoms with Gasteiger partial charge < -0.3 is 5.32 Å². The maximum Gasteiger partial charge on any atom is 0.149 e. The third kappa shape index (κ3) is 2.42. The van der Waals surface area contributed by atoms with Crippen molar-refractivity contribution in [3.63, 3.8) is 0 Å². The third-order valence-electron chi connectivity index (χ3n) is 5.51. The zero-order valence-electron chi connectivity index (χ0n) is 14.3. The van der Waals surface area contributed by atoms with Gasteiger partial charge in [-0.05, 0) is 37.9 Å². The molecule has 24 heavy (non-hydrogen) atoms. The van der Waals surface area contributed by atoms with E-state index in [2.05, 4.69) is 15.3 Å². The van der Waals surface area contributed by atoms with Crippen LogP contribution in [0.4, 0.5) is 4.39 Å². The van der Waals surface area contributed by atoms with Gasteiger partial charge in [0.15, 0.2) is 0 Å². The first-order chi connectivity index (χ1) is 11.4. The predicted octanol–water partition coefficient (Wildman–Crippen LogP) is 2.78. The minimum absolute atomic E-state index is 0.205. The third-order valence-corrected chi connectivity index (χ3v) is 5.51. The number of piperidine rings is 1. The number of hydrogen-bond donors (Lipinski definition) is 1. The van der Waals surface area contributed by atoms with Gasteiger partial charge in [-0.1, -0.05) is 26.0 Å². The van der Waals surface area contributed by atoms with Crippen LogP contribution < -0.4 is 5.32 Å². The molecule has 0 amide bonds. The van der Waals surface area contributed by atoms with Crippen LogP contribution >= 0.6 is 0 Å². The molecule has 1 aromatic carbocycles. The summed E-state index contributed by atoms with van der Waals surface area (Å²) in [6.45, 7) is 7.73. The fourth-order valence-electron chi connectivity index (χ4n) is 4.28. The molecule has 4 nitrogen and oxygen atoms in total. The van der Waals surface area contributed by atoms with E-state index in [0.29, 0.717) is 40.8 Å². The Morgan fingerprint density at radius 1 is 1.29 bits per heavy atom. The van der Waals surface area contributed by atoms with Gasteiger partial charge in [-0.15, -0.1) is 0 Å². The summed E-state index contributed by atoms with van der Waals surface area (Å²) >= 11 is 0. The average molecular weight is 327 g/mol.